The summed E-state index contributed by atoms with van der Waals surface area (Å²) in [5.41, 5.74) is 1.77. The van der Waals surface area contributed by atoms with Gasteiger partial charge in [-0.15, -0.1) is 0 Å². The highest BCUT2D eigenvalue weighted by molar-refractivity contribution is 9.10. The Hall–Kier alpha value is -0.870. The van der Waals surface area contributed by atoms with Crippen LogP contribution in [0.5, 0.6) is 0 Å². The normalized spacial score (nSPS) is 10.7. The Morgan fingerprint density at radius 3 is 2.56 bits per heavy atom. The van der Waals surface area contributed by atoms with Gasteiger partial charge in [-0.3, -0.25) is 4.79 Å². The van der Waals surface area contributed by atoms with E-state index in [0.717, 1.165) is 48.1 Å². The van der Waals surface area contributed by atoms with Crippen LogP contribution in [-0.2, 0) is 0 Å². The average molecular weight is 313 g/mol. The number of hydrogen-bond acceptors (Lipinski definition) is 3. The maximum atomic E-state index is 11.1. The van der Waals surface area contributed by atoms with Gasteiger partial charge in [0.2, 0.25) is 0 Å². The number of halogens is 1. The molecule has 4 heteroatoms. The lowest BCUT2D eigenvalue weighted by Crippen LogP contribution is -2.27. The summed E-state index contributed by atoms with van der Waals surface area (Å²) >= 11 is 3.46. The number of benzene rings is 1. The Morgan fingerprint density at radius 2 is 2.00 bits per heavy atom. The first-order chi connectivity index (χ1) is 8.58. The highest BCUT2D eigenvalue weighted by Crippen LogP contribution is 2.24. The molecule has 0 aromatic heterocycles. The van der Waals surface area contributed by atoms with Crippen LogP contribution in [0.2, 0.25) is 0 Å². The van der Waals surface area contributed by atoms with E-state index in [2.05, 4.69) is 46.7 Å². The average Bonchev–Trinajstić information content (AvgIpc) is 2.34. The highest BCUT2D eigenvalue weighted by atomic mass is 79.9. The van der Waals surface area contributed by atoms with E-state index in [0.29, 0.717) is 0 Å². The van der Waals surface area contributed by atoms with Gasteiger partial charge in [0.15, 0.2) is 6.29 Å². The van der Waals surface area contributed by atoms with E-state index >= 15 is 0 Å². The number of hydrogen-bond donors (Lipinski definition) is 0. The van der Waals surface area contributed by atoms with Crippen LogP contribution in [-0.4, -0.2) is 44.9 Å². The van der Waals surface area contributed by atoms with Crippen molar-refractivity contribution in [1.82, 2.24) is 4.90 Å². The molecule has 0 amide bonds. The van der Waals surface area contributed by atoms with Gasteiger partial charge in [0.25, 0.3) is 0 Å². The van der Waals surface area contributed by atoms with Crippen LogP contribution in [0.15, 0.2) is 22.7 Å². The topological polar surface area (TPSA) is 23.6 Å². The van der Waals surface area contributed by atoms with E-state index < -0.39 is 0 Å². The minimum atomic E-state index is 0.755. The first-order valence-corrected chi connectivity index (χ1v) is 7.02. The van der Waals surface area contributed by atoms with Crippen molar-refractivity contribution < 1.29 is 4.79 Å². The van der Waals surface area contributed by atoms with Crippen LogP contribution in [0.3, 0.4) is 0 Å². The molecule has 0 aliphatic carbocycles. The van der Waals surface area contributed by atoms with Gasteiger partial charge in [-0.05, 0) is 52.2 Å². The van der Waals surface area contributed by atoms with E-state index in [1.165, 1.54) is 0 Å². The number of rotatable bonds is 7. The molecule has 18 heavy (non-hydrogen) atoms. The fraction of sp³-hybridized carbons (Fsp3) is 0.500. The molecule has 0 unspecified atom stereocenters. The van der Waals surface area contributed by atoms with Gasteiger partial charge in [0.1, 0.15) is 0 Å². The molecule has 1 rings (SSSR count). The van der Waals surface area contributed by atoms with E-state index in [9.17, 15) is 4.79 Å². The first kappa shape index (κ1) is 15.2. The van der Waals surface area contributed by atoms with Crippen LogP contribution in [0, 0.1) is 0 Å². The van der Waals surface area contributed by atoms with Crippen LogP contribution in [0.1, 0.15) is 23.7 Å². The molecule has 0 radical (unpaired) electrons. The second kappa shape index (κ2) is 7.54. The fourth-order valence-electron chi connectivity index (χ4n) is 1.92. The minimum absolute atomic E-state index is 0.755. The van der Waals surface area contributed by atoms with E-state index in [1.807, 2.05) is 18.2 Å². The summed E-state index contributed by atoms with van der Waals surface area (Å²) < 4.78 is 1.01. The van der Waals surface area contributed by atoms with Crippen molar-refractivity contribution in [2.75, 3.05) is 38.6 Å². The SMILES string of the molecule is CCN(CCCN(C)C)c1cc(Br)ccc1C=O. The van der Waals surface area contributed by atoms with Crippen LogP contribution < -0.4 is 4.90 Å². The van der Waals surface area contributed by atoms with Crippen molar-refractivity contribution in [2.45, 2.75) is 13.3 Å². The standard InChI is InChI=1S/C14H21BrN2O/c1-4-17(9-5-8-16(2)3)14-10-13(15)7-6-12(14)11-18/h6-7,10-11H,4-5,8-9H2,1-3H3. The van der Waals surface area contributed by atoms with Gasteiger partial charge in [-0.2, -0.15) is 0 Å². The summed E-state index contributed by atoms with van der Waals surface area (Å²) in [5.74, 6) is 0. The molecule has 100 valence electrons. The summed E-state index contributed by atoms with van der Waals surface area (Å²) in [4.78, 5) is 15.5. The lowest BCUT2D eigenvalue weighted by Gasteiger charge is -2.25. The summed E-state index contributed by atoms with van der Waals surface area (Å²) in [5, 5.41) is 0. The van der Waals surface area contributed by atoms with Gasteiger partial charge < -0.3 is 9.80 Å². The van der Waals surface area contributed by atoms with Crippen LogP contribution in [0.25, 0.3) is 0 Å². The molecule has 0 bridgehead atoms. The third-order valence-electron chi connectivity index (χ3n) is 2.88. The number of aldehydes is 1. The molecular weight excluding hydrogens is 292 g/mol. The van der Waals surface area contributed by atoms with E-state index in [-0.39, 0.29) is 0 Å². The zero-order chi connectivity index (χ0) is 13.5. The predicted molar refractivity (Wildman–Crippen MR) is 80.6 cm³/mol. The number of nitrogens with zero attached hydrogens (tertiary/aromatic N) is 2. The number of carbonyl (C=O) groups excluding carboxylic acids is 1. The quantitative estimate of drug-likeness (QED) is 0.723. The molecule has 0 heterocycles. The fourth-order valence-corrected chi connectivity index (χ4v) is 2.27. The molecule has 0 spiro atoms. The smallest absolute Gasteiger partial charge is 0.152 e. The molecule has 0 aliphatic rings. The summed E-state index contributed by atoms with van der Waals surface area (Å²) in [6, 6.07) is 5.78. The van der Waals surface area contributed by atoms with Crippen molar-refractivity contribution >= 4 is 27.9 Å². The third kappa shape index (κ3) is 4.42. The Morgan fingerprint density at radius 1 is 1.28 bits per heavy atom. The summed E-state index contributed by atoms with van der Waals surface area (Å²) in [6.45, 7) is 5.04. The third-order valence-corrected chi connectivity index (χ3v) is 3.37. The maximum absolute atomic E-state index is 11.1. The Labute approximate surface area is 118 Å². The molecular formula is C14H21BrN2O. The number of carbonyl (C=O) groups is 1. The summed E-state index contributed by atoms with van der Waals surface area (Å²) in [7, 11) is 4.15. The Kier molecular flexibility index (Phi) is 6.36. The van der Waals surface area contributed by atoms with E-state index in [1.54, 1.807) is 0 Å². The van der Waals surface area contributed by atoms with Gasteiger partial charge in [0, 0.05) is 28.8 Å². The minimum Gasteiger partial charge on any atom is -0.371 e. The molecule has 0 atom stereocenters. The lowest BCUT2D eigenvalue weighted by atomic mass is 10.1. The first-order valence-electron chi connectivity index (χ1n) is 6.23. The molecule has 0 saturated heterocycles. The van der Waals surface area contributed by atoms with Crippen molar-refractivity contribution in [3.8, 4) is 0 Å². The van der Waals surface area contributed by atoms with Gasteiger partial charge in [-0.25, -0.2) is 0 Å². The second-order valence-electron chi connectivity index (χ2n) is 4.56. The summed E-state index contributed by atoms with van der Waals surface area (Å²) in [6.07, 6.45) is 2.02. The largest absolute Gasteiger partial charge is 0.371 e. The molecule has 0 fully saturated rings. The van der Waals surface area contributed by atoms with Crippen molar-refractivity contribution in [3.05, 3.63) is 28.2 Å². The molecule has 0 aliphatic heterocycles. The monoisotopic (exact) mass is 312 g/mol. The zero-order valence-electron chi connectivity index (χ0n) is 11.3. The van der Waals surface area contributed by atoms with Gasteiger partial charge in [-0.1, -0.05) is 15.9 Å². The lowest BCUT2D eigenvalue weighted by molar-refractivity contribution is 0.112. The second-order valence-corrected chi connectivity index (χ2v) is 5.47. The van der Waals surface area contributed by atoms with Gasteiger partial charge in [0.05, 0.1) is 0 Å². The molecule has 3 nitrogen and oxygen atoms in total. The maximum Gasteiger partial charge on any atom is 0.152 e. The molecule has 0 N–H and O–H groups in total. The Balaban J connectivity index is 2.80. The van der Waals surface area contributed by atoms with Crippen molar-refractivity contribution in [1.29, 1.82) is 0 Å². The van der Waals surface area contributed by atoms with E-state index in [4.69, 9.17) is 0 Å². The molecule has 1 aromatic carbocycles. The van der Waals surface area contributed by atoms with Crippen molar-refractivity contribution in [2.24, 2.45) is 0 Å². The van der Waals surface area contributed by atoms with Crippen molar-refractivity contribution in [3.63, 3.8) is 0 Å². The van der Waals surface area contributed by atoms with Crippen LogP contribution in [0.4, 0.5) is 5.69 Å². The predicted octanol–water partition coefficient (Wildman–Crippen LogP) is 3.04. The van der Waals surface area contributed by atoms with Crippen LogP contribution >= 0.6 is 15.9 Å². The highest BCUT2D eigenvalue weighted by Gasteiger charge is 2.10. The van der Waals surface area contributed by atoms with Gasteiger partial charge >= 0.3 is 0 Å². The number of anilines is 1. The zero-order valence-corrected chi connectivity index (χ0v) is 12.9. The Bertz CT molecular complexity index is 393. The molecule has 1 aromatic rings. The molecule has 0 saturated carbocycles.